The fourth-order valence-electron chi connectivity index (χ4n) is 0.880. The van der Waals surface area contributed by atoms with Crippen molar-refractivity contribution >= 4 is 11.9 Å². The molecule has 0 rings (SSSR count). The molecule has 0 spiro atoms. The smallest absolute Gasteiger partial charge is 0.321 e. The Bertz CT molecular complexity index is 194. The van der Waals surface area contributed by atoms with Crippen LogP contribution in [0.1, 0.15) is 26.7 Å². The number of nitrogens with two attached hydrogens (primary N) is 1. The van der Waals surface area contributed by atoms with Crippen molar-refractivity contribution in [3.63, 3.8) is 0 Å². The Hall–Kier alpha value is -1.10. The van der Waals surface area contributed by atoms with Gasteiger partial charge in [-0.05, 0) is 13.3 Å². The van der Waals surface area contributed by atoms with Gasteiger partial charge in [-0.1, -0.05) is 6.92 Å². The van der Waals surface area contributed by atoms with Gasteiger partial charge in [0.15, 0.2) is 0 Å². The maximum Gasteiger partial charge on any atom is 0.321 e. The molecule has 13 heavy (non-hydrogen) atoms. The minimum Gasteiger partial charge on any atom is -0.480 e. The monoisotopic (exact) mass is 188 g/mol. The number of carboxylic acid groups (broad SMARTS) is 1. The van der Waals surface area contributed by atoms with Crippen LogP contribution < -0.4 is 11.1 Å². The number of rotatable bonds is 6. The van der Waals surface area contributed by atoms with E-state index in [1.165, 1.54) is 0 Å². The number of carboxylic acids is 1. The molecule has 0 aliphatic heterocycles. The quantitative estimate of drug-likeness (QED) is 0.533. The zero-order chi connectivity index (χ0) is 10.4. The zero-order valence-electron chi connectivity index (χ0n) is 7.91. The van der Waals surface area contributed by atoms with E-state index in [2.05, 4.69) is 5.32 Å². The van der Waals surface area contributed by atoms with Crippen molar-refractivity contribution in [3.8, 4) is 0 Å². The van der Waals surface area contributed by atoms with Crippen LogP contribution in [0.5, 0.6) is 0 Å². The van der Waals surface area contributed by atoms with E-state index >= 15 is 0 Å². The summed E-state index contributed by atoms with van der Waals surface area (Å²) in [5.41, 5.74) is 4.91. The third-order valence-corrected chi connectivity index (χ3v) is 1.80. The first-order chi connectivity index (χ1) is 5.97. The van der Waals surface area contributed by atoms with Crippen LogP contribution in [0.25, 0.3) is 0 Å². The lowest BCUT2D eigenvalue weighted by molar-refractivity contribution is -0.141. The predicted molar refractivity (Wildman–Crippen MR) is 48.1 cm³/mol. The molecule has 5 nitrogen and oxygen atoms in total. The number of hydrogen-bond donors (Lipinski definition) is 3. The lowest BCUT2D eigenvalue weighted by atomic mass is 10.1. The second-order valence-electron chi connectivity index (χ2n) is 3.04. The summed E-state index contributed by atoms with van der Waals surface area (Å²) in [5.74, 6) is -1.65. The van der Waals surface area contributed by atoms with Crippen molar-refractivity contribution in [1.82, 2.24) is 5.32 Å². The number of hydrogen-bond acceptors (Lipinski definition) is 3. The van der Waals surface area contributed by atoms with Gasteiger partial charge in [0.25, 0.3) is 0 Å². The molecule has 2 unspecified atom stereocenters. The van der Waals surface area contributed by atoms with Gasteiger partial charge in [0.05, 0.1) is 6.42 Å². The molecule has 0 aromatic rings. The third-order valence-electron chi connectivity index (χ3n) is 1.80. The molecule has 5 heteroatoms. The van der Waals surface area contributed by atoms with Gasteiger partial charge in [-0.15, -0.1) is 0 Å². The average molecular weight is 188 g/mol. The minimum atomic E-state index is -1.04. The lowest BCUT2D eigenvalue weighted by Gasteiger charge is -2.17. The second kappa shape index (κ2) is 5.53. The minimum absolute atomic E-state index is 0.0699. The first-order valence-corrected chi connectivity index (χ1v) is 4.24. The van der Waals surface area contributed by atoms with Crippen molar-refractivity contribution in [1.29, 1.82) is 0 Å². The highest BCUT2D eigenvalue weighted by molar-refractivity contribution is 5.83. The largest absolute Gasteiger partial charge is 0.480 e. The second-order valence-corrected chi connectivity index (χ2v) is 3.04. The Morgan fingerprint density at radius 2 is 2.08 bits per heavy atom. The molecule has 0 aromatic carbocycles. The van der Waals surface area contributed by atoms with E-state index in [4.69, 9.17) is 10.8 Å². The van der Waals surface area contributed by atoms with E-state index < -0.39 is 17.9 Å². The summed E-state index contributed by atoms with van der Waals surface area (Å²) in [4.78, 5) is 21.1. The molecular weight excluding hydrogens is 172 g/mol. The molecule has 0 aromatic heterocycles. The first kappa shape index (κ1) is 11.9. The average Bonchev–Trinajstić information content (AvgIpc) is 2.02. The summed E-state index contributed by atoms with van der Waals surface area (Å²) in [5, 5.41) is 11.5. The fraction of sp³-hybridized carbons (Fsp3) is 0.750. The summed E-state index contributed by atoms with van der Waals surface area (Å²) in [6.45, 7) is 3.79. The molecule has 0 heterocycles. The van der Waals surface area contributed by atoms with Crippen LogP contribution in [0.15, 0.2) is 0 Å². The van der Waals surface area contributed by atoms with Crippen LogP contribution in [-0.4, -0.2) is 29.1 Å². The van der Waals surface area contributed by atoms with E-state index in [1.54, 1.807) is 0 Å². The summed E-state index contributed by atoms with van der Waals surface area (Å²) in [7, 11) is 0. The molecular formula is C8H16N2O3. The van der Waals surface area contributed by atoms with Gasteiger partial charge in [0, 0.05) is 6.04 Å². The zero-order valence-corrected chi connectivity index (χ0v) is 7.91. The van der Waals surface area contributed by atoms with Crippen LogP contribution in [0, 0.1) is 0 Å². The van der Waals surface area contributed by atoms with E-state index in [-0.39, 0.29) is 12.5 Å². The molecule has 76 valence electrons. The fourth-order valence-corrected chi connectivity index (χ4v) is 0.880. The predicted octanol–water partition coefficient (Wildman–Crippen LogP) is -0.297. The maximum absolute atomic E-state index is 10.6. The SMILES string of the molecule is CCC(C)NC(CC(N)=O)C(=O)O. The van der Waals surface area contributed by atoms with Crippen LogP contribution in [0.4, 0.5) is 0 Å². The Morgan fingerprint density at radius 1 is 1.54 bits per heavy atom. The Kier molecular flexibility index (Phi) is 5.06. The maximum atomic E-state index is 10.6. The van der Waals surface area contributed by atoms with E-state index in [1.807, 2.05) is 13.8 Å². The molecule has 0 fully saturated rings. The van der Waals surface area contributed by atoms with Crippen molar-refractivity contribution in [2.45, 2.75) is 38.8 Å². The Morgan fingerprint density at radius 3 is 2.38 bits per heavy atom. The molecule has 0 radical (unpaired) electrons. The molecule has 2 atom stereocenters. The number of primary amides is 1. The van der Waals surface area contributed by atoms with Gasteiger partial charge < -0.3 is 16.2 Å². The molecule has 0 saturated carbocycles. The van der Waals surface area contributed by atoms with E-state index in [9.17, 15) is 9.59 Å². The third kappa shape index (κ3) is 5.19. The number of carbonyl (C=O) groups is 2. The number of amides is 1. The summed E-state index contributed by atoms with van der Waals surface area (Å²) in [6, 6.07) is -0.798. The molecule has 1 amide bonds. The summed E-state index contributed by atoms with van der Waals surface area (Å²) in [6.07, 6.45) is 0.641. The molecule has 0 aliphatic rings. The lowest BCUT2D eigenvalue weighted by Crippen LogP contribution is -2.44. The van der Waals surface area contributed by atoms with E-state index in [0.29, 0.717) is 0 Å². The van der Waals surface area contributed by atoms with Crippen molar-refractivity contribution in [3.05, 3.63) is 0 Å². The number of nitrogens with one attached hydrogen (secondary N) is 1. The van der Waals surface area contributed by atoms with Crippen LogP contribution in [0.3, 0.4) is 0 Å². The van der Waals surface area contributed by atoms with Crippen LogP contribution in [0.2, 0.25) is 0 Å². The molecule has 0 bridgehead atoms. The summed E-state index contributed by atoms with van der Waals surface area (Å²) >= 11 is 0. The molecule has 0 saturated heterocycles. The Balaban J connectivity index is 4.10. The van der Waals surface area contributed by atoms with Crippen molar-refractivity contribution in [2.75, 3.05) is 0 Å². The number of carbonyl (C=O) groups excluding carboxylic acids is 1. The van der Waals surface area contributed by atoms with Gasteiger partial charge in [-0.2, -0.15) is 0 Å². The normalized spacial score (nSPS) is 14.9. The highest BCUT2D eigenvalue weighted by atomic mass is 16.4. The topological polar surface area (TPSA) is 92.4 Å². The Labute approximate surface area is 77.3 Å². The highest BCUT2D eigenvalue weighted by Crippen LogP contribution is 1.96. The summed E-state index contributed by atoms with van der Waals surface area (Å²) < 4.78 is 0. The van der Waals surface area contributed by atoms with Crippen LogP contribution in [-0.2, 0) is 9.59 Å². The molecule has 4 N–H and O–H groups in total. The van der Waals surface area contributed by atoms with Gasteiger partial charge in [0.1, 0.15) is 6.04 Å². The first-order valence-electron chi connectivity index (χ1n) is 4.24. The van der Waals surface area contributed by atoms with Crippen molar-refractivity contribution < 1.29 is 14.7 Å². The van der Waals surface area contributed by atoms with Gasteiger partial charge >= 0.3 is 5.97 Å². The standard InChI is InChI=1S/C8H16N2O3/c1-3-5(2)10-6(8(12)13)4-7(9)11/h5-6,10H,3-4H2,1-2H3,(H2,9,11)(H,12,13). The van der Waals surface area contributed by atoms with Crippen molar-refractivity contribution in [2.24, 2.45) is 5.73 Å². The van der Waals surface area contributed by atoms with E-state index in [0.717, 1.165) is 6.42 Å². The highest BCUT2D eigenvalue weighted by Gasteiger charge is 2.20. The molecule has 0 aliphatic carbocycles. The van der Waals surface area contributed by atoms with Crippen LogP contribution >= 0.6 is 0 Å². The number of aliphatic carboxylic acids is 1. The van der Waals surface area contributed by atoms with Gasteiger partial charge in [-0.3, -0.25) is 9.59 Å². The van der Waals surface area contributed by atoms with Gasteiger partial charge in [-0.25, -0.2) is 0 Å². The van der Waals surface area contributed by atoms with Gasteiger partial charge in [0.2, 0.25) is 5.91 Å².